The average molecular weight is 1100 g/mol. The van der Waals surface area contributed by atoms with Crippen LogP contribution < -0.4 is 5.32 Å². The van der Waals surface area contributed by atoms with Gasteiger partial charge in [-0.05, 0) is 57.8 Å². The fraction of sp³-hybridized carbons (Fsp3) is 0.917. The number of esters is 1. The molecule has 0 aromatic heterocycles. The highest BCUT2D eigenvalue weighted by Gasteiger charge is 2.18. The molecule has 0 aromatic carbocycles. The van der Waals surface area contributed by atoms with Crippen molar-refractivity contribution in [2.24, 2.45) is 0 Å². The smallest absolute Gasteiger partial charge is 0.305 e. The molecule has 0 saturated heterocycles. The van der Waals surface area contributed by atoms with Crippen molar-refractivity contribution in [3.05, 3.63) is 24.3 Å². The van der Waals surface area contributed by atoms with E-state index in [0.717, 1.165) is 38.5 Å². The molecule has 6 nitrogen and oxygen atoms in total. The summed E-state index contributed by atoms with van der Waals surface area (Å²) in [6, 6.07) is -0.629. The van der Waals surface area contributed by atoms with Crippen LogP contribution in [0.25, 0.3) is 0 Å². The number of carbonyl (C=O) groups excluding carboxylic acids is 2. The molecule has 0 rings (SSSR count). The summed E-state index contributed by atoms with van der Waals surface area (Å²) in [5.41, 5.74) is 0. The van der Waals surface area contributed by atoms with Gasteiger partial charge in [-0.3, -0.25) is 9.59 Å². The summed E-state index contributed by atoms with van der Waals surface area (Å²) in [4.78, 5) is 24.6. The molecule has 3 N–H and O–H groups in total. The lowest BCUT2D eigenvalue weighted by molar-refractivity contribution is -0.143. The number of ether oxygens (including phenoxy) is 1. The number of amides is 1. The number of aliphatic hydroxyl groups excluding tert-OH is 2. The molecule has 0 fully saturated rings. The van der Waals surface area contributed by atoms with Crippen LogP contribution in [0.5, 0.6) is 0 Å². The minimum atomic E-state index is -0.845. The molecule has 78 heavy (non-hydrogen) atoms. The number of nitrogens with one attached hydrogen (secondary N) is 1. The van der Waals surface area contributed by atoms with Crippen LogP contribution in [-0.2, 0) is 14.3 Å². The van der Waals surface area contributed by atoms with Gasteiger partial charge in [0.15, 0.2) is 0 Å². The standard InChI is InChI=1S/C72H139NO5/c1-3-5-7-9-11-13-15-17-19-20-30-33-37-40-44-48-52-56-60-64-70(75)69(68-74)73-71(76)65-61-57-53-49-45-41-38-34-31-28-26-24-22-21-23-25-27-29-32-35-39-43-47-51-55-59-63-67-78-72(77)66-62-58-54-50-46-42-36-18-16-14-12-10-8-6-4-2/h21-22,60,64,69-70,74-75H,3-20,23-59,61-63,65-68H2,1-2H3,(H,73,76)/b22-21-,64-60+. The van der Waals surface area contributed by atoms with Crippen molar-refractivity contribution in [1.29, 1.82) is 0 Å². The van der Waals surface area contributed by atoms with Crippen molar-refractivity contribution in [1.82, 2.24) is 5.32 Å². The van der Waals surface area contributed by atoms with Crippen LogP contribution in [0.1, 0.15) is 399 Å². The normalized spacial score (nSPS) is 12.6. The first kappa shape index (κ1) is 76.3. The molecule has 0 aliphatic rings. The number of hydrogen-bond acceptors (Lipinski definition) is 5. The van der Waals surface area contributed by atoms with Crippen LogP contribution in [0.3, 0.4) is 0 Å². The molecule has 462 valence electrons. The van der Waals surface area contributed by atoms with Gasteiger partial charge in [-0.25, -0.2) is 0 Å². The number of hydrogen-bond donors (Lipinski definition) is 3. The van der Waals surface area contributed by atoms with Gasteiger partial charge in [-0.2, -0.15) is 0 Å². The second kappa shape index (κ2) is 67.8. The Bertz CT molecular complexity index is 1220. The van der Waals surface area contributed by atoms with E-state index in [9.17, 15) is 19.8 Å². The molecular formula is C72H139NO5. The Morgan fingerprint density at radius 2 is 0.603 bits per heavy atom. The minimum Gasteiger partial charge on any atom is -0.466 e. The van der Waals surface area contributed by atoms with Crippen LogP contribution in [0, 0.1) is 0 Å². The molecule has 0 aromatic rings. The lowest BCUT2D eigenvalue weighted by Crippen LogP contribution is -2.45. The predicted molar refractivity (Wildman–Crippen MR) is 343 cm³/mol. The van der Waals surface area contributed by atoms with E-state index in [1.54, 1.807) is 6.08 Å². The zero-order valence-corrected chi connectivity index (χ0v) is 52.9. The van der Waals surface area contributed by atoms with E-state index in [4.69, 9.17) is 4.74 Å². The van der Waals surface area contributed by atoms with E-state index < -0.39 is 12.1 Å². The first-order chi connectivity index (χ1) is 38.5. The summed E-state index contributed by atoms with van der Waals surface area (Å²) < 4.78 is 5.50. The van der Waals surface area contributed by atoms with Crippen LogP contribution in [0.4, 0.5) is 0 Å². The van der Waals surface area contributed by atoms with Crippen molar-refractivity contribution in [3.8, 4) is 0 Å². The van der Waals surface area contributed by atoms with Gasteiger partial charge in [0.05, 0.1) is 25.4 Å². The highest BCUT2D eigenvalue weighted by atomic mass is 16.5. The molecule has 0 aliphatic carbocycles. The zero-order chi connectivity index (χ0) is 56.4. The van der Waals surface area contributed by atoms with Crippen molar-refractivity contribution < 1.29 is 24.5 Å². The van der Waals surface area contributed by atoms with Gasteiger partial charge in [-0.15, -0.1) is 0 Å². The molecule has 0 saturated carbocycles. The Balaban J connectivity index is 3.40. The molecule has 1 amide bonds. The van der Waals surface area contributed by atoms with Gasteiger partial charge in [0.1, 0.15) is 0 Å². The molecule has 0 radical (unpaired) electrons. The minimum absolute atomic E-state index is 0.0184. The van der Waals surface area contributed by atoms with E-state index in [2.05, 4.69) is 31.3 Å². The van der Waals surface area contributed by atoms with Gasteiger partial charge >= 0.3 is 5.97 Å². The van der Waals surface area contributed by atoms with E-state index in [1.165, 1.54) is 334 Å². The highest BCUT2D eigenvalue weighted by Crippen LogP contribution is 2.19. The fourth-order valence-electron chi connectivity index (χ4n) is 11.3. The van der Waals surface area contributed by atoms with Crippen LogP contribution in [-0.4, -0.2) is 47.4 Å². The third kappa shape index (κ3) is 63.5. The van der Waals surface area contributed by atoms with Gasteiger partial charge in [0.25, 0.3) is 0 Å². The van der Waals surface area contributed by atoms with Gasteiger partial charge in [0.2, 0.25) is 5.91 Å². The number of unbranched alkanes of at least 4 members (excludes halogenated alkanes) is 54. The summed E-state index contributed by atoms with van der Waals surface area (Å²) in [5, 5.41) is 23.2. The van der Waals surface area contributed by atoms with Crippen LogP contribution in [0.15, 0.2) is 24.3 Å². The first-order valence-corrected chi connectivity index (χ1v) is 35.6. The number of allylic oxidation sites excluding steroid dienone is 3. The molecule has 0 spiro atoms. The second-order valence-electron chi connectivity index (χ2n) is 24.6. The first-order valence-electron chi connectivity index (χ1n) is 35.6. The third-order valence-corrected chi connectivity index (χ3v) is 16.7. The second-order valence-corrected chi connectivity index (χ2v) is 24.6. The largest absolute Gasteiger partial charge is 0.466 e. The highest BCUT2D eigenvalue weighted by molar-refractivity contribution is 5.76. The van der Waals surface area contributed by atoms with Gasteiger partial charge in [0, 0.05) is 12.8 Å². The Morgan fingerprint density at radius 1 is 0.346 bits per heavy atom. The zero-order valence-electron chi connectivity index (χ0n) is 52.9. The molecule has 0 heterocycles. The third-order valence-electron chi connectivity index (χ3n) is 16.7. The summed E-state index contributed by atoms with van der Waals surface area (Å²) in [5.74, 6) is -0.0467. The van der Waals surface area contributed by atoms with Gasteiger partial charge in [-0.1, -0.05) is 353 Å². The number of carbonyl (C=O) groups is 2. The van der Waals surface area contributed by atoms with Crippen molar-refractivity contribution in [2.45, 2.75) is 411 Å². The molecule has 0 aliphatic heterocycles. The summed E-state index contributed by atoms with van der Waals surface area (Å²) in [6.07, 6.45) is 85.4. The summed E-state index contributed by atoms with van der Waals surface area (Å²) >= 11 is 0. The van der Waals surface area contributed by atoms with E-state index in [-0.39, 0.29) is 18.5 Å². The maximum Gasteiger partial charge on any atom is 0.305 e. The van der Waals surface area contributed by atoms with E-state index >= 15 is 0 Å². The Hall–Kier alpha value is -1.66. The lowest BCUT2D eigenvalue weighted by Gasteiger charge is -2.20. The number of aliphatic hydroxyl groups is 2. The van der Waals surface area contributed by atoms with Crippen molar-refractivity contribution in [3.63, 3.8) is 0 Å². The molecule has 6 heteroatoms. The van der Waals surface area contributed by atoms with Crippen molar-refractivity contribution in [2.75, 3.05) is 13.2 Å². The molecule has 0 bridgehead atoms. The topological polar surface area (TPSA) is 95.9 Å². The average Bonchev–Trinajstić information content (AvgIpc) is 3.44. The molecule has 2 atom stereocenters. The predicted octanol–water partition coefficient (Wildman–Crippen LogP) is 22.9. The van der Waals surface area contributed by atoms with Crippen molar-refractivity contribution >= 4 is 11.9 Å². The maximum absolute atomic E-state index is 12.5. The van der Waals surface area contributed by atoms with E-state index in [0.29, 0.717) is 19.4 Å². The quantitative estimate of drug-likeness (QED) is 0.0320. The molecule has 2 unspecified atom stereocenters. The summed E-state index contributed by atoms with van der Waals surface area (Å²) in [7, 11) is 0. The molecular weight excluding hydrogens is 959 g/mol. The Labute approximate surface area is 488 Å². The monoisotopic (exact) mass is 1100 g/mol. The Morgan fingerprint density at radius 3 is 0.910 bits per heavy atom. The fourth-order valence-corrected chi connectivity index (χ4v) is 11.3. The maximum atomic E-state index is 12.5. The summed E-state index contributed by atoms with van der Waals surface area (Å²) in [6.45, 7) is 4.95. The van der Waals surface area contributed by atoms with Crippen LogP contribution in [0.2, 0.25) is 0 Å². The van der Waals surface area contributed by atoms with E-state index in [1.807, 2.05) is 6.08 Å². The Kier molecular flexibility index (Phi) is 66.4. The number of rotatable bonds is 67. The lowest BCUT2D eigenvalue weighted by atomic mass is 10.0. The van der Waals surface area contributed by atoms with Crippen LogP contribution >= 0.6 is 0 Å². The SMILES string of the molecule is CCCCCCCCCCCCCCCCCCC/C=C/C(O)C(CO)NC(=O)CCCCCCCCCCCCC/C=C\CCCCCCCCCCCCCCOC(=O)CCCCCCCCCCCCCCCCC. The van der Waals surface area contributed by atoms with Gasteiger partial charge < -0.3 is 20.3 Å².